The molecule has 21 heavy (non-hydrogen) atoms. The first-order valence-corrected chi connectivity index (χ1v) is 7.85. The third-order valence-corrected chi connectivity index (χ3v) is 3.71. The van der Waals surface area contributed by atoms with Gasteiger partial charge in [0.25, 0.3) is 5.91 Å². The van der Waals surface area contributed by atoms with Crippen molar-refractivity contribution in [2.24, 2.45) is 5.73 Å². The van der Waals surface area contributed by atoms with Crippen LogP contribution in [0.25, 0.3) is 0 Å². The van der Waals surface area contributed by atoms with Gasteiger partial charge in [-0.15, -0.1) is 0 Å². The topological polar surface area (TPSA) is 60.0 Å². The zero-order valence-electron chi connectivity index (χ0n) is 12.1. The van der Waals surface area contributed by atoms with Gasteiger partial charge in [-0.1, -0.05) is 31.2 Å². The minimum atomic E-state index is -0.0583. The summed E-state index contributed by atoms with van der Waals surface area (Å²) in [5.74, 6) is -0.0583. The predicted octanol–water partition coefficient (Wildman–Crippen LogP) is 3.05. The number of aryl methyl sites for hydroxylation is 1. The summed E-state index contributed by atoms with van der Waals surface area (Å²) < 4.78 is 2.89. The monoisotopic (exact) mass is 349 g/mol. The second-order valence-corrected chi connectivity index (χ2v) is 5.86. The number of benzene rings is 1. The largest absolute Gasteiger partial charge is 0.347 e. The lowest BCUT2D eigenvalue weighted by Crippen LogP contribution is -2.25. The summed E-state index contributed by atoms with van der Waals surface area (Å²) in [7, 11) is 0. The highest BCUT2D eigenvalue weighted by molar-refractivity contribution is 9.10. The minimum Gasteiger partial charge on any atom is -0.347 e. The van der Waals surface area contributed by atoms with E-state index in [4.69, 9.17) is 5.73 Å². The first-order chi connectivity index (χ1) is 10.1. The van der Waals surface area contributed by atoms with E-state index in [1.807, 2.05) is 41.1 Å². The number of carbonyl (C=O) groups excluding carboxylic acids is 1. The molecule has 1 amide bonds. The zero-order valence-corrected chi connectivity index (χ0v) is 13.7. The van der Waals surface area contributed by atoms with Gasteiger partial charge in [0.1, 0.15) is 5.69 Å². The second kappa shape index (κ2) is 7.43. The fourth-order valence-corrected chi connectivity index (χ4v) is 2.62. The van der Waals surface area contributed by atoms with Crippen LogP contribution < -0.4 is 11.1 Å². The highest BCUT2D eigenvalue weighted by Crippen LogP contribution is 2.15. The SMILES string of the molecule is CCCn1cc(Br)cc1C(=O)NCc1ccc(CN)cc1. The minimum absolute atomic E-state index is 0.0583. The highest BCUT2D eigenvalue weighted by atomic mass is 79.9. The summed E-state index contributed by atoms with van der Waals surface area (Å²) in [5, 5.41) is 2.95. The van der Waals surface area contributed by atoms with Crippen LogP contribution in [0.15, 0.2) is 41.0 Å². The molecule has 2 aromatic rings. The number of aromatic nitrogens is 1. The Balaban J connectivity index is 2.00. The molecule has 0 aliphatic heterocycles. The molecule has 0 saturated heterocycles. The van der Waals surface area contributed by atoms with Crippen LogP contribution in [0.1, 0.15) is 35.0 Å². The van der Waals surface area contributed by atoms with Crippen molar-refractivity contribution >= 4 is 21.8 Å². The molecule has 3 N–H and O–H groups in total. The molecule has 0 radical (unpaired) electrons. The van der Waals surface area contributed by atoms with E-state index in [1.54, 1.807) is 0 Å². The van der Waals surface area contributed by atoms with Crippen LogP contribution in [-0.2, 0) is 19.6 Å². The fourth-order valence-electron chi connectivity index (χ4n) is 2.16. The maximum Gasteiger partial charge on any atom is 0.268 e. The fraction of sp³-hybridized carbons (Fsp3) is 0.312. The van der Waals surface area contributed by atoms with Crippen molar-refractivity contribution < 1.29 is 4.79 Å². The molecular formula is C16H20BrN3O. The Kier molecular flexibility index (Phi) is 5.59. The maximum atomic E-state index is 12.3. The van der Waals surface area contributed by atoms with E-state index in [9.17, 15) is 4.79 Å². The van der Waals surface area contributed by atoms with Crippen molar-refractivity contribution in [1.29, 1.82) is 0 Å². The van der Waals surface area contributed by atoms with Crippen LogP contribution in [-0.4, -0.2) is 10.5 Å². The zero-order chi connectivity index (χ0) is 15.2. The number of carbonyl (C=O) groups is 1. The lowest BCUT2D eigenvalue weighted by atomic mass is 10.1. The van der Waals surface area contributed by atoms with Crippen LogP contribution in [0.4, 0.5) is 0 Å². The van der Waals surface area contributed by atoms with Gasteiger partial charge < -0.3 is 15.6 Å². The summed E-state index contributed by atoms with van der Waals surface area (Å²) in [6.45, 7) is 3.97. The third kappa shape index (κ3) is 4.19. The van der Waals surface area contributed by atoms with Gasteiger partial charge >= 0.3 is 0 Å². The van der Waals surface area contributed by atoms with Crippen molar-refractivity contribution in [2.75, 3.05) is 0 Å². The van der Waals surface area contributed by atoms with Crippen LogP contribution in [0.3, 0.4) is 0 Å². The molecule has 4 nitrogen and oxygen atoms in total. The highest BCUT2D eigenvalue weighted by Gasteiger charge is 2.12. The van der Waals surface area contributed by atoms with Crippen LogP contribution in [0, 0.1) is 0 Å². The molecule has 0 spiro atoms. The molecule has 1 aromatic carbocycles. The number of rotatable bonds is 6. The molecule has 0 unspecified atom stereocenters. The number of nitrogens with one attached hydrogen (secondary N) is 1. The Labute approximate surface area is 133 Å². The number of nitrogens with zero attached hydrogens (tertiary/aromatic N) is 1. The van der Waals surface area contributed by atoms with E-state index in [-0.39, 0.29) is 5.91 Å². The molecular weight excluding hydrogens is 330 g/mol. The van der Waals surface area contributed by atoms with Gasteiger partial charge in [-0.25, -0.2) is 0 Å². The molecule has 112 valence electrons. The van der Waals surface area contributed by atoms with Crippen molar-refractivity contribution in [3.05, 3.63) is 57.8 Å². The van der Waals surface area contributed by atoms with Crippen LogP contribution >= 0.6 is 15.9 Å². The van der Waals surface area contributed by atoms with Gasteiger partial charge in [-0.2, -0.15) is 0 Å². The average Bonchev–Trinajstić information content (AvgIpc) is 2.86. The molecule has 1 heterocycles. The summed E-state index contributed by atoms with van der Waals surface area (Å²) in [5.41, 5.74) is 8.40. The Hall–Kier alpha value is -1.59. The van der Waals surface area contributed by atoms with Crippen LogP contribution in [0.2, 0.25) is 0 Å². The Morgan fingerprint density at radius 1 is 1.29 bits per heavy atom. The van der Waals surface area contributed by atoms with Crippen molar-refractivity contribution in [1.82, 2.24) is 9.88 Å². The standard InChI is InChI=1S/C16H20BrN3O/c1-2-7-20-11-14(17)8-15(20)16(21)19-10-13-5-3-12(9-18)4-6-13/h3-6,8,11H,2,7,9-10,18H2,1H3,(H,19,21). The maximum absolute atomic E-state index is 12.3. The van der Waals surface area contributed by atoms with Gasteiger partial charge in [0, 0.05) is 30.3 Å². The Morgan fingerprint density at radius 3 is 2.57 bits per heavy atom. The van der Waals surface area contributed by atoms with E-state index >= 15 is 0 Å². The Morgan fingerprint density at radius 2 is 1.95 bits per heavy atom. The summed E-state index contributed by atoms with van der Waals surface area (Å²) in [6, 6.07) is 9.80. The smallest absolute Gasteiger partial charge is 0.268 e. The average molecular weight is 350 g/mol. The number of halogens is 1. The molecule has 0 saturated carbocycles. The van der Waals surface area contributed by atoms with Gasteiger partial charge in [0.15, 0.2) is 0 Å². The predicted molar refractivity (Wildman–Crippen MR) is 87.9 cm³/mol. The first kappa shape index (κ1) is 15.8. The van der Waals surface area contributed by atoms with E-state index in [2.05, 4.69) is 28.2 Å². The van der Waals surface area contributed by atoms with Crippen molar-refractivity contribution in [2.45, 2.75) is 33.0 Å². The Bertz CT molecular complexity index is 604. The normalized spacial score (nSPS) is 10.6. The van der Waals surface area contributed by atoms with E-state index in [0.29, 0.717) is 18.8 Å². The van der Waals surface area contributed by atoms with Gasteiger partial charge in [0.2, 0.25) is 0 Å². The van der Waals surface area contributed by atoms with Gasteiger partial charge in [0.05, 0.1) is 0 Å². The number of amides is 1. The van der Waals surface area contributed by atoms with E-state index in [1.165, 1.54) is 0 Å². The summed E-state index contributed by atoms with van der Waals surface area (Å²) in [4.78, 5) is 12.3. The lowest BCUT2D eigenvalue weighted by molar-refractivity contribution is 0.0941. The van der Waals surface area contributed by atoms with Crippen LogP contribution in [0.5, 0.6) is 0 Å². The first-order valence-electron chi connectivity index (χ1n) is 7.05. The van der Waals surface area contributed by atoms with Crippen molar-refractivity contribution in [3.63, 3.8) is 0 Å². The number of hydrogen-bond donors (Lipinski definition) is 2. The third-order valence-electron chi connectivity index (χ3n) is 3.27. The van der Waals surface area contributed by atoms with E-state index in [0.717, 1.165) is 28.6 Å². The van der Waals surface area contributed by atoms with Gasteiger partial charge in [-0.3, -0.25) is 4.79 Å². The molecule has 2 rings (SSSR count). The lowest BCUT2D eigenvalue weighted by Gasteiger charge is -2.09. The van der Waals surface area contributed by atoms with Gasteiger partial charge in [-0.05, 0) is 39.5 Å². The summed E-state index contributed by atoms with van der Waals surface area (Å²) >= 11 is 3.42. The quantitative estimate of drug-likeness (QED) is 0.841. The van der Waals surface area contributed by atoms with E-state index < -0.39 is 0 Å². The second-order valence-electron chi connectivity index (χ2n) is 4.94. The summed E-state index contributed by atoms with van der Waals surface area (Å²) in [6.07, 6.45) is 2.93. The molecule has 0 atom stereocenters. The van der Waals surface area contributed by atoms with Crippen molar-refractivity contribution in [3.8, 4) is 0 Å². The molecule has 0 aliphatic rings. The molecule has 1 aromatic heterocycles. The molecule has 5 heteroatoms. The number of nitrogens with two attached hydrogens (primary N) is 1. The number of hydrogen-bond acceptors (Lipinski definition) is 2. The molecule has 0 aliphatic carbocycles. The molecule has 0 bridgehead atoms. The molecule has 0 fully saturated rings.